The molecule has 0 aliphatic carbocycles. The number of hydrogen-bond acceptors (Lipinski definition) is 5. The monoisotopic (exact) mass is 496 g/mol. The zero-order chi connectivity index (χ0) is 24.4. The summed E-state index contributed by atoms with van der Waals surface area (Å²) in [6.07, 6.45) is 1.39. The van der Waals surface area contributed by atoms with Gasteiger partial charge >= 0.3 is 0 Å². The van der Waals surface area contributed by atoms with E-state index in [1.54, 1.807) is 0 Å². The minimum atomic E-state index is -3.85. The predicted octanol–water partition coefficient (Wildman–Crippen LogP) is 4.77. The van der Waals surface area contributed by atoms with Crippen LogP contribution in [-0.4, -0.2) is 45.7 Å². The van der Waals surface area contributed by atoms with Gasteiger partial charge < -0.3 is 9.47 Å². The topological polar surface area (TPSA) is 59.1 Å². The lowest BCUT2D eigenvalue weighted by Gasteiger charge is -2.39. The molecule has 0 aromatic heterocycles. The second kappa shape index (κ2) is 9.87. The molecule has 0 unspecified atom stereocenters. The maximum absolute atomic E-state index is 13.7. The van der Waals surface area contributed by atoms with E-state index in [2.05, 4.69) is 11.0 Å². The van der Waals surface area contributed by atoms with Crippen LogP contribution >= 0.6 is 0 Å². The van der Waals surface area contributed by atoms with E-state index in [1.165, 1.54) is 28.6 Å². The lowest BCUT2D eigenvalue weighted by molar-refractivity contribution is 0.170. The highest BCUT2D eigenvalue weighted by Crippen LogP contribution is 2.33. The normalized spacial score (nSPS) is 16.7. The predicted molar refractivity (Wildman–Crippen MR) is 133 cm³/mol. The number of rotatable bonds is 6. The van der Waals surface area contributed by atoms with Gasteiger partial charge in [0.1, 0.15) is 19.0 Å². The molecule has 1 saturated heterocycles. The number of aryl methyl sites for hydroxylation is 1. The van der Waals surface area contributed by atoms with Crippen LogP contribution in [0.2, 0.25) is 0 Å². The van der Waals surface area contributed by atoms with E-state index in [-0.39, 0.29) is 10.9 Å². The van der Waals surface area contributed by atoms with Crippen LogP contribution in [0.15, 0.2) is 71.6 Å². The number of halogens is 1. The molecule has 35 heavy (non-hydrogen) atoms. The van der Waals surface area contributed by atoms with Crippen molar-refractivity contribution in [3.8, 4) is 11.5 Å². The van der Waals surface area contributed by atoms with E-state index in [4.69, 9.17) is 9.47 Å². The quantitative estimate of drug-likeness (QED) is 0.492. The third-order valence-electron chi connectivity index (χ3n) is 6.56. The van der Waals surface area contributed by atoms with Gasteiger partial charge in [-0.1, -0.05) is 23.8 Å². The van der Waals surface area contributed by atoms with Crippen molar-refractivity contribution < 1.29 is 22.3 Å². The lowest BCUT2D eigenvalue weighted by atomic mass is 10.0. The third-order valence-corrected chi connectivity index (χ3v) is 8.46. The fourth-order valence-electron chi connectivity index (χ4n) is 4.71. The van der Waals surface area contributed by atoms with E-state index in [9.17, 15) is 12.8 Å². The van der Waals surface area contributed by atoms with Gasteiger partial charge in [-0.05, 0) is 73.9 Å². The maximum atomic E-state index is 13.7. The Bertz CT molecular complexity index is 1270. The first-order chi connectivity index (χ1) is 16.9. The number of piperidine rings is 1. The van der Waals surface area contributed by atoms with E-state index in [1.807, 2.05) is 43.3 Å². The average molecular weight is 497 g/mol. The number of ether oxygens (including phenoxy) is 2. The number of sulfonamides is 1. The minimum Gasteiger partial charge on any atom is -0.486 e. The largest absolute Gasteiger partial charge is 0.486 e. The van der Waals surface area contributed by atoms with Crippen molar-refractivity contribution in [1.82, 2.24) is 4.90 Å². The van der Waals surface area contributed by atoms with Crippen molar-refractivity contribution in [3.63, 3.8) is 0 Å². The molecule has 5 rings (SSSR count). The average Bonchev–Trinajstić information content (AvgIpc) is 2.86. The Hall–Kier alpha value is -3.10. The van der Waals surface area contributed by atoms with Crippen molar-refractivity contribution in [2.24, 2.45) is 0 Å². The van der Waals surface area contributed by atoms with Gasteiger partial charge in [0.15, 0.2) is 11.5 Å². The van der Waals surface area contributed by atoms with E-state index < -0.39 is 15.8 Å². The molecule has 0 bridgehead atoms. The molecule has 0 spiro atoms. The molecule has 0 amide bonds. The van der Waals surface area contributed by atoms with Crippen LogP contribution in [0.1, 0.15) is 24.0 Å². The maximum Gasteiger partial charge on any atom is 0.264 e. The molecule has 0 N–H and O–H groups in total. The van der Waals surface area contributed by atoms with Crippen LogP contribution in [0.3, 0.4) is 0 Å². The number of hydrogen-bond donors (Lipinski definition) is 0. The van der Waals surface area contributed by atoms with Gasteiger partial charge in [0.05, 0.1) is 10.6 Å². The molecule has 1 fully saturated rings. The molecule has 2 heterocycles. The molecule has 8 heteroatoms. The number of nitrogens with zero attached hydrogens (tertiary/aromatic N) is 2. The van der Waals surface area contributed by atoms with E-state index >= 15 is 0 Å². The summed E-state index contributed by atoms with van der Waals surface area (Å²) in [6, 6.07) is 18.4. The Morgan fingerprint density at radius 2 is 1.57 bits per heavy atom. The highest BCUT2D eigenvalue weighted by molar-refractivity contribution is 7.92. The summed E-state index contributed by atoms with van der Waals surface area (Å²) in [5.41, 5.74) is 2.83. The zero-order valence-corrected chi connectivity index (χ0v) is 20.5. The van der Waals surface area contributed by atoms with Crippen molar-refractivity contribution in [1.29, 1.82) is 0 Å². The summed E-state index contributed by atoms with van der Waals surface area (Å²) in [7, 11) is -3.85. The Kier molecular flexibility index (Phi) is 6.67. The molecule has 0 atom stereocenters. The number of anilines is 1. The molecule has 2 aliphatic heterocycles. The first kappa shape index (κ1) is 23.6. The highest BCUT2D eigenvalue weighted by atomic mass is 32.2. The summed E-state index contributed by atoms with van der Waals surface area (Å²) >= 11 is 0. The SMILES string of the molecule is Cc1ccc(N(C2CCN(Cc3ccc4c(c3)OCCO4)CC2)S(=O)(=O)c2ccc(F)cc2)cc1. The molecule has 0 saturated carbocycles. The van der Waals surface area contributed by atoms with Gasteiger partial charge in [0.25, 0.3) is 10.0 Å². The van der Waals surface area contributed by atoms with Crippen LogP contribution in [0.4, 0.5) is 10.1 Å². The fourth-order valence-corrected chi connectivity index (χ4v) is 6.42. The summed E-state index contributed by atoms with van der Waals surface area (Å²) < 4.78 is 53.7. The number of fused-ring (bicyclic) bond motifs is 1. The van der Waals surface area contributed by atoms with Gasteiger partial charge in [-0.2, -0.15) is 0 Å². The molecule has 3 aromatic rings. The Morgan fingerprint density at radius 3 is 2.26 bits per heavy atom. The molecule has 3 aromatic carbocycles. The number of benzene rings is 3. The first-order valence-corrected chi connectivity index (χ1v) is 13.3. The van der Waals surface area contributed by atoms with Crippen molar-refractivity contribution >= 4 is 15.7 Å². The number of likely N-dealkylation sites (tertiary alicyclic amines) is 1. The van der Waals surface area contributed by atoms with Gasteiger partial charge in [-0.3, -0.25) is 9.21 Å². The van der Waals surface area contributed by atoms with E-state index in [0.29, 0.717) is 31.7 Å². The van der Waals surface area contributed by atoms with Crippen LogP contribution < -0.4 is 13.8 Å². The Labute approximate surface area is 205 Å². The molecular formula is C27H29FN2O4S. The lowest BCUT2D eigenvalue weighted by Crippen LogP contribution is -2.47. The molecule has 0 radical (unpaired) electrons. The van der Waals surface area contributed by atoms with Gasteiger partial charge in [-0.15, -0.1) is 0 Å². The first-order valence-electron chi connectivity index (χ1n) is 11.9. The van der Waals surface area contributed by atoms with E-state index in [0.717, 1.165) is 42.3 Å². The van der Waals surface area contributed by atoms with Gasteiger partial charge in [0.2, 0.25) is 0 Å². The summed E-state index contributed by atoms with van der Waals surface area (Å²) in [5, 5.41) is 0. The Balaban J connectivity index is 1.34. The molecule has 184 valence electrons. The zero-order valence-electron chi connectivity index (χ0n) is 19.7. The van der Waals surface area contributed by atoms with Crippen molar-refractivity contribution in [2.75, 3.05) is 30.6 Å². The van der Waals surface area contributed by atoms with Gasteiger partial charge in [-0.25, -0.2) is 12.8 Å². The van der Waals surface area contributed by atoms with Crippen molar-refractivity contribution in [3.05, 3.63) is 83.7 Å². The standard InChI is InChI=1S/C27H29FN2O4S/c1-20-2-7-23(8-3-20)30(35(31,32)25-9-5-22(28)6-10-25)24-12-14-29(15-13-24)19-21-4-11-26-27(18-21)34-17-16-33-26/h2-11,18,24H,12-17,19H2,1H3. The highest BCUT2D eigenvalue weighted by Gasteiger charge is 2.34. The second-order valence-electron chi connectivity index (χ2n) is 9.08. The third kappa shape index (κ3) is 5.13. The minimum absolute atomic E-state index is 0.0955. The molecule has 2 aliphatic rings. The van der Waals surface area contributed by atoms with Crippen molar-refractivity contribution in [2.45, 2.75) is 37.2 Å². The van der Waals surface area contributed by atoms with Crippen LogP contribution in [-0.2, 0) is 16.6 Å². The fraction of sp³-hybridized carbons (Fsp3) is 0.333. The summed E-state index contributed by atoms with van der Waals surface area (Å²) in [4.78, 5) is 2.43. The molecule has 6 nitrogen and oxygen atoms in total. The van der Waals surface area contributed by atoms with Crippen LogP contribution in [0, 0.1) is 12.7 Å². The van der Waals surface area contributed by atoms with Gasteiger partial charge in [0, 0.05) is 25.7 Å². The second-order valence-corrected chi connectivity index (χ2v) is 10.9. The van der Waals surface area contributed by atoms with Crippen LogP contribution in [0.25, 0.3) is 0 Å². The summed E-state index contributed by atoms with van der Waals surface area (Å²) in [6.45, 7) is 5.38. The smallest absolute Gasteiger partial charge is 0.264 e. The summed E-state index contributed by atoms with van der Waals surface area (Å²) in [5.74, 6) is 1.09. The Morgan fingerprint density at radius 1 is 0.914 bits per heavy atom. The molecular weight excluding hydrogens is 467 g/mol. The van der Waals surface area contributed by atoms with Crippen LogP contribution in [0.5, 0.6) is 11.5 Å².